The normalized spacial score (nSPS) is 10.8. The molecule has 0 saturated heterocycles. The molecule has 0 saturated carbocycles. The van der Waals surface area contributed by atoms with Gasteiger partial charge in [0.2, 0.25) is 0 Å². The first-order valence-corrected chi connectivity index (χ1v) is 4.98. The molecule has 0 aliphatic heterocycles. The van der Waals surface area contributed by atoms with Crippen molar-refractivity contribution in [2.45, 2.75) is 0 Å². The number of aromatic amines is 1. The van der Waals surface area contributed by atoms with Crippen LogP contribution in [0.15, 0.2) is 42.7 Å². The van der Waals surface area contributed by atoms with Crippen LogP contribution < -0.4 is 5.73 Å². The summed E-state index contributed by atoms with van der Waals surface area (Å²) in [7, 11) is 0. The number of nitrogens with zero attached hydrogens (tertiary/aromatic N) is 2. The van der Waals surface area contributed by atoms with Crippen molar-refractivity contribution < 1.29 is 0 Å². The van der Waals surface area contributed by atoms with Crippen molar-refractivity contribution in [3.63, 3.8) is 0 Å². The second-order valence-electron chi connectivity index (χ2n) is 3.60. The largest absolute Gasteiger partial charge is 0.399 e. The van der Waals surface area contributed by atoms with Gasteiger partial charge in [-0.2, -0.15) is 0 Å². The molecule has 4 nitrogen and oxygen atoms in total. The summed E-state index contributed by atoms with van der Waals surface area (Å²) >= 11 is 0. The van der Waals surface area contributed by atoms with Crippen molar-refractivity contribution in [1.29, 1.82) is 0 Å². The van der Waals surface area contributed by atoms with E-state index < -0.39 is 0 Å². The van der Waals surface area contributed by atoms with E-state index in [9.17, 15) is 0 Å². The summed E-state index contributed by atoms with van der Waals surface area (Å²) in [5.74, 6) is 0.836. The smallest absolute Gasteiger partial charge is 0.138 e. The molecule has 0 aliphatic rings. The number of pyridine rings is 1. The van der Waals surface area contributed by atoms with Crippen LogP contribution in [0.25, 0.3) is 22.4 Å². The van der Waals surface area contributed by atoms with E-state index in [0.717, 1.165) is 28.1 Å². The number of aromatic nitrogens is 3. The summed E-state index contributed by atoms with van der Waals surface area (Å²) < 4.78 is 0. The van der Waals surface area contributed by atoms with Gasteiger partial charge in [0.1, 0.15) is 5.82 Å². The van der Waals surface area contributed by atoms with Gasteiger partial charge in [0.15, 0.2) is 0 Å². The molecule has 0 unspecified atom stereocenters. The van der Waals surface area contributed by atoms with E-state index in [1.54, 1.807) is 12.4 Å². The van der Waals surface area contributed by atoms with E-state index in [4.69, 9.17) is 5.73 Å². The fourth-order valence-corrected chi connectivity index (χ4v) is 1.63. The van der Waals surface area contributed by atoms with Crippen LogP contribution in [0, 0.1) is 0 Å². The van der Waals surface area contributed by atoms with Crippen LogP contribution in [0.3, 0.4) is 0 Å². The number of nitrogens with two attached hydrogens (primary N) is 1. The number of rotatable bonds is 1. The minimum Gasteiger partial charge on any atom is -0.399 e. The number of nitrogen functional groups attached to an aromatic ring is 1. The van der Waals surface area contributed by atoms with Crippen LogP contribution in [-0.2, 0) is 0 Å². The molecule has 0 amide bonds. The van der Waals surface area contributed by atoms with Crippen LogP contribution in [0.2, 0.25) is 0 Å². The molecule has 2 aromatic heterocycles. The summed E-state index contributed by atoms with van der Waals surface area (Å²) in [6.45, 7) is 0. The molecule has 3 aromatic rings. The second kappa shape index (κ2) is 3.34. The van der Waals surface area contributed by atoms with E-state index in [1.165, 1.54) is 0 Å². The van der Waals surface area contributed by atoms with Crippen LogP contribution >= 0.6 is 0 Å². The molecule has 16 heavy (non-hydrogen) atoms. The first kappa shape index (κ1) is 8.91. The molecule has 0 bridgehead atoms. The van der Waals surface area contributed by atoms with Gasteiger partial charge in [-0.25, -0.2) is 4.98 Å². The lowest BCUT2D eigenvalue weighted by molar-refractivity contribution is 1.33. The Morgan fingerprint density at radius 2 is 1.88 bits per heavy atom. The molecule has 78 valence electrons. The van der Waals surface area contributed by atoms with Crippen molar-refractivity contribution in [2.24, 2.45) is 0 Å². The second-order valence-corrected chi connectivity index (χ2v) is 3.60. The third-order valence-electron chi connectivity index (χ3n) is 2.47. The highest BCUT2D eigenvalue weighted by Crippen LogP contribution is 2.20. The van der Waals surface area contributed by atoms with Gasteiger partial charge in [-0.15, -0.1) is 0 Å². The number of H-pyrrole nitrogens is 1. The maximum absolute atomic E-state index is 5.64. The maximum Gasteiger partial charge on any atom is 0.138 e. The topological polar surface area (TPSA) is 67.6 Å². The first-order valence-electron chi connectivity index (χ1n) is 4.98. The molecule has 3 N–H and O–H groups in total. The van der Waals surface area contributed by atoms with E-state index in [2.05, 4.69) is 15.0 Å². The van der Waals surface area contributed by atoms with Gasteiger partial charge in [-0.1, -0.05) is 0 Å². The fourth-order valence-electron chi connectivity index (χ4n) is 1.63. The van der Waals surface area contributed by atoms with Gasteiger partial charge < -0.3 is 10.7 Å². The van der Waals surface area contributed by atoms with Gasteiger partial charge in [0, 0.05) is 17.4 Å². The van der Waals surface area contributed by atoms with E-state index in [0.29, 0.717) is 0 Å². The summed E-state index contributed by atoms with van der Waals surface area (Å²) in [6.07, 6.45) is 3.50. The summed E-state index contributed by atoms with van der Waals surface area (Å²) in [4.78, 5) is 11.7. The van der Waals surface area contributed by atoms with E-state index >= 15 is 0 Å². The predicted molar refractivity (Wildman–Crippen MR) is 63.7 cm³/mol. The number of hydrogen-bond acceptors (Lipinski definition) is 3. The van der Waals surface area contributed by atoms with E-state index in [-0.39, 0.29) is 0 Å². The number of anilines is 1. The van der Waals surface area contributed by atoms with Crippen LogP contribution in [-0.4, -0.2) is 15.0 Å². The Hall–Kier alpha value is -2.36. The SMILES string of the molecule is Nc1ccc(-c2nc3ccncc3[nH]2)cc1. The van der Waals surface area contributed by atoms with Crippen LogP contribution in [0.5, 0.6) is 0 Å². The van der Waals surface area contributed by atoms with Crippen molar-refractivity contribution in [3.8, 4) is 11.4 Å². The molecule has 0 aliphatic carbocycles. The molecule has 2 heterocycles. The average Bonchev–Trinajstić information content (AvgIpc) is 2.73. The zero-order chi connectivity index (χ0) is 11.0. The lowest BCUT2D eigenvalue weighted by atomic mass is 10.2. The Labute approximate surface area is 92.2 Å². The standard InChI is InChI=1S/C12H10N4/c13-9-3-1-8(2-4-9)12-15-10-5-6-14-7-11(10)16-12/h1-7H,13H2,(H,15,16). The zero-order valence-corrected chi connectivity index (χ0v) is 8.51. The highest BCUT2D eigenvalue weighted by atomic mass is 14.9. The molecule has 0 spiro atoms. The summed E-state index contributed by atoms with van der Waals surface area (Å²) in [6, 6.07) is 9.50. The molecule has 0 fully saturated rings. The van der Waals surface area contributed by atoms with E-state index in [1.807, 2.05) is 30.3 Å². The van der Waals surface area contributed by atoms with Crippen molar-refractivity contribution in [1.82, 2.24) is 15.0 Å². The molecule has 4 heteroatoms. The van der Waals surface area contributed by atoms with Crippen molar-refractivity contribution >= 4 is 16.7 Å². The lowest BCUT2D eigenvalue weighted by Gasteiger charge is -1.96. The Bertz CT molecular complexity index is 592. The van der Waals surface area contributed by atoms with Crippen LogP contribution in [0.4, 0.5) is 5.69 Å². The Kier molecular flexibility index (Phi) is 1.86. The number of hydrogen-bond donors (Lipinski definition) is 2. The van der Waals surface area contributed by atoms with Gasteiger partial charge in [-0.3, -0.25) is 4.98 Å². The van der Waals surface area contributed by atoms with Gasteiger partial charge in [-0.05, 0) is 30.3 Å². The zero-order valence-electron chi connectivity index (χ0n) is 8.51. The number of benzene rings is 1. The van der Waals surface area contributed by atoms with Crippen LogP contribution in [0.1, 0.15) is 0 Å². The lowest BCUT2D eigenvalue weighted by Crippen LogP contribution is -1.84. The van der Waals surface area contributed by atoms with Crippen molar-refractivity contribution in [3.05, 3.63) is 42.7 Å². The third kappa shape index (κ3) is 1.40. The maximum atomic E-state index is 5.64. The minimum atomic E-state index is 0.751. The number of imidazole rings is 1. The monoisotopic (exact) mass is 210 g/mol. The average molecular weight is 210 g/mol. The Morgan fingerprint density at radius 3 is 2.62 bits per heavy atom. The first-order chi connectivity index (χ1) is 7.83. The third-order valence-corrected chi connectivity index (χ3v) is 2.47. The summed E-state index contributed by atoms with van der Waals surface area (Å²) in [5, 5.41) is 0. The molecular formula is C12H10N4. The number of nitrogens with one attached hydrogen (secondary N) is 1. The Morgan fingerprint density at radius 1 is 1.06 bits per heavy atom. The highest BCUT2D eigenvalue weighted by Gasteiger charge is 2.04. The highest BCUT2D eigenvalue weighted by molar-refractivity contribution is 5.78. The minimum absolute atomic E-state index is 0.751. The van der Waals surface area contributed by atoms with Crippen molar-refractivity contribution in [2.75, 3.05) is 5.73 Å². The molecule has 3 rings (SSSR count). The molecule has 0 radical (unpaired) electrons. The number of fused-ring (bicyclic) bond motifs is 1. The predicted octanol–water partition coefficient (Wildman–Crippen LogP) is 2.21. The van der Waals surface area contributed by atoms with Gasteiger partial charge in [0.05, 0.1) is 17.2 Å². The quantitative estimate of drug-likeness (QED) is 0.605. The Balaban J connectivity index is 2.15. The molecule has 1 aromatic carbocycles. The fraction of sp³-hybridized carbons (Fsp3) is 0. The van der Waals surface area contributed by atoms with Gasteiger partial charge in [0.25, 0.3) is 0 Å². The van der Waals surface area contributed by atoms with Gasteiger partial charge >= 0.3 is 0 Å². The summed E-state index contributed by atoms with van der Waals surface area (Å²) in [5.41, 5.74) is 9.27. The molecular weight excluding hydrogens is 200 g/mol. The molecule has 0 atom stereocenters.